The zero-order valence-corrected chi connectivity index (χ0v) is 15.8. The van der Waals surface area contributed by atoms with Gasteiger partial charge in [0.1, 0.15) is 0 Å². The first-order valence-corrected chi connectivity index (χ1v) is 9.01. The van der Waals surface area contributed by atoms with Gasteiger partial charge in [-0.15, -0.1) is 0 Å². The minimum absolute atomic E-state index is 0.218. The molecule has 1 fully saturated rings. The third-order valence-corrected chi connectivity index (χ3v) is 4.90. The number of hydrogen-bond donors (Lipinski definition) is 1. The molecule has 3 rings (SSSR count). The van der Waals surface area contributed by atoms with Crippen LogP contribution >= 0.6 is 0 Å². The number of aryl methyl sites for hydroxylation is 2. The predicted molar refractivity (Wildman–Crippen MR) is 99.9 cm³/mol. The van der Waals surface area contributed by atoms with Crippen LogP contribution in [0.4, 0.5) is 0 Å². The molecular formula is C19H30N4O2. The van der Waals surface area contributed by atoms with Crippen LogP contribution in [0.3, 0.4) is 0 Å². The van der Waals surface area contributed by atoms with E-state index in [1.165, 1.54) is 11.1 Å². The zero-order chi connectivity index (χ0) is 18.0. The Hall–Kier alpha value is -1.47. The second kappa shape index (κ2) is 7.83. The number of morpholine rings is 1. The van der Waals surface area contributed by atoms with Crippen molar-refractivity contribution in [1.29, 1.82) is 0 Å². The van der Waals surface area contributed by atoms with Gasteiger partial charge in [-0.3, -0.25) is 4.90 Å². The second-order valence-corrected chi connectivity index (χ2v) is 7.49. The number of likely N-dealkylation sites (N-methyl/N-ethyl adjacent to an activating group) is 1. The summed E-state index contributed by atoms with van der Waals surface area (Å²) in [4.78, 5) is 8.93. The molecule has 138 valence electrons. The Labute approximate surface area is 150 Å². The Bertz CT molecular complexity index is 713. The van der Waals surface area contributed by atoms with E-state index in [0.29, 0.717) is 13.1 Å². The molecule has 2 heterocycles. The molecule has 1 saturated heterocycles. The number of benzene rings is 1. The fourth-order valence-electron chi connectivity index (χ4n) is 3.51. The van der Waals surface area contributed by atoms with E-state index in [9.17, 15) is 5.11 Å². The van der Waals surface area contributed by atoms with Gasteiger partial charge in [0.05, 0.1) is 42.7 Å². The van der Waals surface area contributed by atoms with Crippen molar-refractivity contribution in [3.63, 3.8) is 0 Å². The lowest BCUT2D eigenvalue weighted by atomic mass is 10.1. The van der Waals surface area contributed by atoms with Crippen molar-refractivity contribution < 1.29 is 9.84 Å². The summed E-state index contributed by atoms with van der Waals surface area (Å²) in [6.07, 6.45) is 1.63. The summed E-state index contributed by atoms with van der Waals surface area (Å²) in [6, 6.07) is 4.27. The number of aromatic nitrogens is 2. The summed E-state index contributed by atoms with van der Waals surface area (Å²) >= 11 is 0. The number of aliphatic hydroxyl groups is 1. The Kier molecular flexibility index (Phi) is 5.74. The maximum Gasteiger partial charge on any atom is 0.0959 e. The maximum atomic E-state index is 10.6. The topological polar surface area (TPSA) is 53.8 Å². The number of rotatable bonds is 6. The first-order valence-electron chi connectivity index (χ1n) is 9.01. The second-order valence-electron chi connectivity index (χ2n) is 7.49. The molecule has 2 atom stereocenters. The van der Waals surface area contributed by atoms with Crippen molar-refractivity contribution in [3.8, 4) is 0 Å². The average Bonchev–Trinajstić information content (AvgIpc) is 2.89. The molecular weight excluding hydrogens is 316 g/mol. The molecule has 6 nitrogen and oxygen atoms in total. The van der Waals surface area contributed by atoms with Crippen LogP contribution in [-0.2, 0) is 11.3 Å². The van der Waals surface area contributed by atoms with Crippen molar-refractivity contribution >= 4 is 11.0 Å². The van der Waals surface area contributed by atoms with Gasteiger partial charge in [-0.2, -0.15) is 0 Å². The molecule has 0 saturated carbocycles. The van der Waals surface area contributed by atoms with E-state index in [1.807, 2.05) is 6.33 Å². The number of imidazole rings is 1. The average molecular weight is 346 g/mol. The van der Waals surface area contributed by atoms with Crippen molar-refractivity contribution in [1.82, 2.24) is 19.4 Å². The van der Waals surface area contributed by atoms with Crippen LogP contribution in [0.25, 0.3) is 11.0 Å². The van der Waals surface area contributed by atoms with Crippen LogP contribution in [0.5, 0.6) is 0 Å². The summed E-state index contributed by atoms with van der Waals surface area (Å²) in [5, 5.41) is 10.6. The van der Waals surface area contributed by atoms with Crippen LogP contribution in [0.15, 0.2) is 18.5 Å². The Morgan fingerprint density at radius 2 is 2.04 bits per heavy atom. The summed E-state index contributed by atoms with van der Waals surface area (Å²) in [5.74, 6) is 0. The molecule has 0 bridgehead atoms. The standard InChI is InChI=1S/C19H30N4O2/c1-14-7-18-19(8-15(14)2)23(13-20-18)10-16(24)9-22-5-6-25-17(12-22)11-21(3)4/h7-8,13,16-17,24H,5-6,9-12H2,1-4H3. The number of nitrogens with zero attached hydrogens (tertiary/aromatic N) is 4. The number of β-amino-alcohol motifs (C(OH)–C–C–N with tert-alkyl or cyclic N) is 1. The van der Waals surface area contributed by atoms with Crippen LogP contribution in [-0.4, -0.2) is 83.5 Å². The smallest absolute Gasteiger partial charge is 0.0959 e. The molecule has 1 aliphatic rings. The van der Waals surface area contributed by atoms with Gasteiger partial charge in [-0.1, -0.05) is 0 Å². The Balaban J connectivity index is 1.61. The lowest BCUT2D eigenvalue weighted by Gasteiger charge is -2.35. The first-order chi connectivity index (χ1) is 11.9. The van der Waals surface area contributed by atoms with Gasteiger partial charge in [0.15, 0.2) is 0 Å². The number of aliphatic hydroxyl groups excluding tert-OH is 1. The highest BCUT2D eigenvalue weighted by atomic mass is 16.5. The van der Waals surface area contributed by atoms with Crippen molar-refractivity contribution in [3.05, 3.63) is 29.6 Å². The monoisotopic (exact) mass is 346 g/mol. The first kappa shape index (κ1) is 18.3. The van der Waals surface area contributed by atoms with Gasteiger partial charge in [0.25, 0.3) is 0 Å². The third kappa shape index (κ3) is 4.58. The van der Waals surface area contributed by atoms with Crippen molar-refractivity contribution in [2.45, 2.75) is 32.6 Å². The Morgan fingerprint density at radius 1 is 1.28 bits per heavy atom. The van der Waals surface area contributed by atoms with Crippen molar-refractivity contribution in [2.24, 2.45) is 0 Å². The van der Waals surface area contributed by atoms with Gasteiger partial charge in [0.2, 0.25) is 0 Å². The highest BCUT2D eigenvalue weighted by Gasteiger charge is 2.23. The van der Waals surface area contributed by atoms with E-state index in [2.05, 4.69) is 59.4 Å². The minimum atomic E-state index is -0.419. The van der Waals surface area contributed by atoms with Gasteiger partial charge >= 0.3 is 0 Å². The van der Waals surface area contributed by atoms with Crippen molar-refractivity contribution in [2.75, 3.05) is 46.9 Å². The van der Waals surface area contributed by atoms with Gasteiger partial charge < -0.3 is 19.3 Å². The molecule has 1 N–H and O–H groups in total. The zero-order valence-electron chi connectivity index (χ0n) is 15.8. The summed E-state index contributed by atoms with van der Waals surface area (Å²) in [6.45, 7) is 8.84. The molecule has 1 aromatic heterocycles. The molecule has 0 radical (unpaired) electrons. The van der Waals surface area contributed by atoms with Crippen LogP contribution in [0, 0.1) is 13.8 Å². The molecule has 0 spiro atoms. The van der Waals surface area contributed by atoms with Crippen LogP contribution in [0.1, 0.15) is 11.1 Å². The van der Waals surface area contributed by atoms with E-state index in [-0.39, 0.29) is 6.10 Å². The predicted octanol–water partition coefficient (Wildman–Crippen LogP) is 1.28. The summed E-state index contributed by atoms with van der Waals surface area (Å²) in [7, 11) is 4.12. The fourth-order valence-corrected chi connectivity index (χ4v) is 3.51. The largest absolute Gasteiger partial charge is 0.390 e. The number of fused-ring (bicyclic) bond motifs is 1. The van der Waals surface area contributed by atoms with E-state index in [1.54, 1.807) is 0 Å². The highest BCUT2D eigenvalue weighted by molar-refractivity contribution is 5.77. The van der Waals surface area contributed by atoms with Crippen LogP contribution in [0.2, 0.25) is 0 Å². The lowest BCUT2D eigenvalue weighted by molar-refractivity contribution is -0.0496. The SMILES string of the molecule is Cc1cc2ncn(CC(O)CN3CCOC(CN(C)C)C3)c2cc1C. The quantitative estimate of drug-likeness (QED) is 0.854. The number of hydrogen-bond acceptors (Lipinski definition) is 5. The third-order valence-electron chi connectivity index (χ3n) is 4.90. The summed E-state index contributed by atoms with van der Waals surface area (Å²) < 4.78 is 7.87. The molecule has 6 heteroatoms. The van der Waals surface area contributed by atoms with Gasteiger partial charge in [-0.25, -0.2) is 4.98 Å². The molecule has 2 unspecified atom stereocenters. The van der Waals surface area contributed by atoms with E-state index in [0.717, 1.165) is 37.3 Å². The molecule has 0 amide bonds. The lowest BCUT2D eigenvalue weighted by Crippen LogP contribution is -2.49. The van der Waals surface area contributed by atoms with E-state index < -0.39 is 6.10 Å². The van der Waals surface area contributed by atoms with Gasteiger partial charge in [0, 0.05) is 26.2 Å². The minimum Gasteiger partial charge on any atom is -0.390 e. The summed E-state index contributed by atoms with van der Waals surface area (Å²) in [5.41, 5.74) is 4.59. The van der Waals surface area contributed by atoms with Crippen LogP contribution < -0.4 is 0 Å². The molecule has 0 aliphatic carbocycles. The number of ether oxygens (including phenoxy) is 1. The van der Waals surface area contributed by atoms with E-state index in [4.69, 9.17) is 4.74 Å². The molecule has 25 heavy (non-hydrogen) atoms. The van der Waals surface area contributed by atoms with E-state index >= 15 is 0 Å². The molecule has 1 aliphatic heterocycles. The highest BCUT2D eigenvalue weighted by Crippen LogP contribution is 2.19. The normalized spacial score (nSPS) is 20.5. The maximum absolute atomic E-state index is 10.6. The molecule has 2 aromatic rings. The molecule has 1 aromatic carbocycles. The van der Waals surface area contributed by atoms with Gasteiger partial charge in [-0.05, 0) is 51.2 Å². The Morgan fingerprint density at radius 3 is 2.80 bits per heavy atom. The fraction of sp³-hybridized carbons (Fsp3) is 0.632.